The van der Waals surface area contributed by atoms with Gasteiger partial charge in [-0.05, 0) is 24.3 Å². The third kappa shape index (κ3) is 3.18. The maximum absolute atomic E-state index is 11.3. The van der Waals surface area contributed by atoms with Gasteiger partial charge in [-0.15, -0.1) is 0 Å². The Hall–Kier alpha value is -2.25. The Bertz CT molecular complexity index is 931. The van der Waals surface area contributed by atoms with E-state index in [1.54, 1.807) is 14.2 Å². The van der Waals surface area contributed by atoms with E-state index in [1.165, 1.54) is 0 Å². The van der Waals surface area contributed by atoms with Crippen LogP contribution in [0.5, 0.6) is 11.5 Å². The lowest BCUT2D eigenvalue weighted by molar-refractivity contribution is 0.415. The van der Waals surface area contributed by atoms with Crippen LogP contribution in [-0.4, -0.2) is 40.0 Å². The number of ether oxygens (including phenoxy) is 2. The third-order valence-electron chi connectivity index (χ3n) is 3.98. The minimum absolute atomic E-state index is 0.312. The molecule has 0 atom stereocenters. The molecular weight excluding hydrogens is 328 g/mol. The van der Waals surface area contributed by atoms with E-state index in [0.717, 1.165) is 39.6 Å². The Morgan fingerprint density at radius 3 is 1.88 bits per heavy atom. The van der Waals surface area contributed by atoms with E-state index in [0.29, 0.717) is 13.1 Å². The Morgan fingerprint density at radius 2 is 1.46 bits per heavy atom. The summed E-state index contributed by atoms with van der Waals surface area (Å²) in [5.74, 6) is 1.52. The molecule has 1 heterocycles. The summed E-state index contributed by atoms with van der Waals surface area (Å²) in [5, 5.41) is 2.18. The molecule has 24 heavy (non-hydrogen) atoms. The fourth-order valence-electron chi connectivity index (χ4n) is 2.89. The lowest BCUT2D eigenvalue weighted by atomic mass is 10.1. The van der Waals surface area contributed by atoms with Gasteiger partial charge in [0.2, 0.25) is 10.0 Å². The Kier molecular flexibility index (Phi) is 4.38. The van der Waals surface area contributed by atoms with Crippen LogP contribution < -0.4 is 14.2 Å². The van der Waals surface area contributed by atoms with Crippen molar-refractivity contribution in [3.8, 4) is 11.5 Å². The first-order valence-corrected chi connectivity index (χ1v) is 9.40. The standard InChI is InChI=1S/C17H20N2O4S/c1-22-12-4-6-14-15-7-5-13(23-2)11-17(15)19(16(14)10-12)9-8-18-24(3,20)21/h4-7,10-11,18H,8-9H2,1-3H3. The highest BCUT2D eigenvalue weighted by Gasteiger charge is 2.13. The number of nitrogens with one attached hydrogen (secondary N) is 1. The van der Waals surface area contributed by atoms with Gasteiger partial charge in [-0.25, -0.2) is 13.1 Å². The van der Waals surface area contributed by atoms with Crippen molar-refractivity contribution in [3.05, 3.63) is 36.4 Å². The molecule has 0 aliphatic carbocycles. The molecule has 128 valence electrons. The molecule has 0 saturated carbocycles. The van der Waals surface area contributed by atoms with Gasteiger partial charge in [-0.3, -0.25) is 0 Å². The van der Waals surface area contributed by atoms with E-state index < -0.39 is 10.0 Å². The first-order chi connectivity index (χ1) is 11.4. The molecule has 0 fully saturated rings. The quantitative estimate of drug-likeness (QED) is 0.742. The largest absolute Gasteiger partial charge is 0.497 e. The van der Waals surface area contributed by atoms with E-state index >= 15 is 0 Å². The van der Waals surface area contributed by atoms with Gasteiger partial charge in [0.05, 0.1) is 31.5 Å². The van der Waals surface area contributed by atoms with Crippen molar-refractivity contribution >= 4 is 31.8 Å². The van der Waals surface area contributed by atoms with Crippen LogP contribution in [0.25, 0.3) is 21.8 Å². The fourth-order valence-corrected chi connectivity index (χ4v) is 3.35. The molecule has 6 nitrogen and oxygen atoms in total. The third-order valence-corrected chi connectivity index (χ3v) is 4.71. The fraction of sp³-hybridized carbons (Fsp3) is 0.294. The van der Waals surface area contributed by atoms with E-state index in [-0.39, 0.29) is 0 Å². The second kappa shape index (κ2) is 6.33. The Balaban J connectivity index is 2.16. The van der Waals surface area contributed by atoms with Crippen molar-refractivity contribution in [2.75, 3.05) is 27.0 Å². The maximum atomic E-state index is 11.3. The van der Waals surface area contributed by atoms with Crippen LogP contribution in [0.4, 0.5) is 0 Å². The average molecular weight is 348 g/mol. The zero-order valence-corrected chi connectivity index (χ0v) is 14.7. The highest BCUT2D eigenvalue weighted by atomic mass is 32.2. The molecule has 7 heteroatoms. The number of aromatic nitrogens is 1. The highest BCUT2D eigenvalue weighted by Crippen LogP contribution is 2.33. The summed E-state index contributed by atoms with van der Waals surface area (Å²) in [6.07, 6.45) is 1.16. The van der Waals surface area contributed by atoms with Gasteiger partial charge in [-0.2, -0.15) is 0 Å². The molecule has 3 aromatic rings. The number of nitrogens with zero attached hydrogens (tertiary/aromatic N) is 1. The molecule has 0 amide bonds. The van der Waals surface area contributed by atoms with Crippen molar-refractivity contribution in [1.82, 2.24) is 9.29 Å². The molecule has 0 spiro atoms. The minimum atomic E-state index is -3.22. The summed E-state index contributed by atoms with van der Waals surface area (Å²) in [7, 11) is 0.0325. The van der Waals surface area contributed by atoms with Crippen molar-refractivity contribution < 1.29 is 17.9 Å². The molecule has 0 radical (unpaired) electrons. The van der Waals surface area contributed by atoms with Crippen molar-refractivity contribution in [1.29, 1.82) is 0 Å². The first-order valence-electron chi connectivity index (χ1n) is 7.51. The van der Waals surface area contributed by atoms with E-state index in [4.69, 9.17) is 9.47 Å². The Labute approximate surface area is 141 Å². The van der Waals surface area contributed by atoms with Crippen molar-refractivity contribution in [2.45, 2.75) is 6.54 Å². The van der Waals surface area contributed by atoms with E-state index in [1.807, 2.05) is 36.4 Å². The molecular formula is C17H20N2O4S. The Morgan fingerprint density at radius 1 is 0.958 bits per heavy atom. The zero-order valence-electron chi connectivity index (χ0n) is 13.9. The van der Waals surface area contributed by atoms with Gasteiger partial charge in [0, 0.05) is 36.0 Å². The molecule has 1 N–H and O–H groups in total. The first kappa shape index (κ1) is 16.6. The van der Waals surface area contributed by atoms with Crippen LogP contribution in [-0.2, 0) is 16.6 Å². The molecule has 0 unspecified atom stereocenters. The summed E-state index contributed by atoms with van der Waals surface area (Å²) in [6.45, 7) is 0.819. The van der Waals surface area contributed by atoms with E-state index in [9.17, 15) is 8.42 Å². The summed E-state index contributed by atoms with van der Waals surface area (Å²) >= 11 is 0. The monoisotopic (exact) mass is 348 g/mol. The predicted octanol–water partition coefficient (Wildman–Crippen LogP) is 2.36. The van der Waals surface area contributed by atoms with Crippen LogP contribution in [0.1, 0.15) is 0 Å². The summed E-state index contributed by atoms with van der Waals surface area (Å²) in [5.41, 5.74) is 1.99. The molecule has 0 bridgehead atoms. The number of fused-ring (bicyclic) bond motifs is 3. The maximum Gasteiger partial charge on any atom is 0.208 e. The summed E-state index contributed by atoms with van der Waals surface area (Å²) in [6, 6.07) is 11.8. The van der Waals surface area contributed by atoms with Gasteiger partial charge < -0.3 is 14.0 Å². The smallest absolute Gasteiger partial charge is 0.208 e. The van der Waals surface area contributed by atoms with Gasteiger partial charge in [0.25, 0.3) is 0 Å². The lowest BCUT2D eigenvalue weighted by Crippen LogP contribution is -2.25. The number of methoxy groups -OCH3 is 2. The van der Waals surface area contributed by atoms with Gasteiger partial charge in [-0.1, -0.05) is 0 Å². The number of rotatable bonds is 6. The highest BCUT2D eigenvalue weighted by molar-refractivity contribution is 7.88. The zero-order chi connectivity index (χ0) is 17.3. The van der Waals surface area contributed by atoms with Gasteiger partial charge in [0.1, 0.15) is 11.5 Å². The number of hydrogen-bond acceptors (Lipinski definition) is 4. The molecule has 0 aliphatic rings. The molecule has 3 rings (SSSR count). The summed E-state index contributed by atoms with van der Waals surface area (Å²) in [4.78, 5) is 0. The second-order valence-electron chi connectivity index (χ2n) is 5.58. The predicted molar refractivity (Wildman–Crippen MR) is 95.4 cm³/mol. The van der Waals surface area contributed by atoms with Crippen molar-refractivity contribution in [2.24, 2.45) is 0 Å². The summed E-state index contributed by atoms with van der Waals surface area (Å²) < 4.78 is 37.9. The van der Waals surface area contributed by atoms with Crippen LogP contribution in [0, 0.1) is 0 Å². The average Bonchev–Trinajstić information content (AvgIpc) is 2.86. The molecule has 0 aliphatic heterocycles. The lowest BCUT2D eigenvalue weighted by Gasteiger charge is -2.09. The van der Waals surface area contributed by atoms with Crippen LogP contribution in [0.3, 0.4) is 0 Å². The minimum Gasteiger partial charge on any atom is -0.497 e. The SMILES string of the molecule is COc1ccc2c3ccc(OC)cc3n(CCNS(C)(=O)=O)c2c1. The second-order valence-corrected chi connectivity index (χ2v) is 7.42. The van der Waals surface area contributed by atoms with Crippen LogP contribution in [0.2, 0.25) is 0 Å². The normalized spacial score (nSPS) is 12.0. The van der Waals surface area contributed by atoms with Crippen molar-refractivity contribution in [3.63, 3.8) is 0 Å². The molecule has 0 saturated heterocycles. The van der Waals surface area contributed by atoms with Gasteiger partial charge >= 0.3 is 0 Å². The number of benzene rings is 2. The van der Waals surface area contributed by atoms with Crippen LogP contribution >= 0.6 is 0 Å². The molecule has 1 aromatic heterocycles. The number of hydrogen-bond donors (Lipinski definition) is 1. The van der Waals surface area contributed by atoms with E-state index in [2.05, 4.69) is 9.29 Å². The van der Waals surface area contributed by atoms with Crippen LogP contribution in [0.15, 0.2) is 36.4 Å². The molecule has 2 aromatic carbocycles. The topological polar surface area (TPSA) is 69.6 Å². The van der Waals surface area contributed by atoms with Gasteiger partial charge in [0.15, 0.2) is 0 Å². The number of sulfonamides is 1.